The summed E-state index contributed by atoms with van der Waals surface area (Å²) in [4.78, 5) is 21.8. The molecule has 0 atom stereocenters. The third-order valence-electron chi connectivity index (χ3n) is 6.12. The summed E-state index contributed by atoms with van der Waals surface area (Å²) in [5.74, 6) is 1.55. The molecule has 0 spiro atoms. The Morgan fingerprint density at radius 1 is 0.941 bits per heavy atom. The number of hydrogen-bond donors (Lipinski definition) is 0. The summed E-state index contributed by atoms with van der Waals surface area (Å²) < 4.78 is 9.87. The van der Waals surface area contributed by atoms with Crippen molar-refractivity contribution in [2.24, 2.45) is 0 Å². The standard InChI is InChI=1S/C27H19N5O2/c28-13-21-4-1-19-11-25(21)34-23-8-5-20-6-10-27(33)32(24(20)12-23)26-9-3-18(14-30-26)2-7-22-15-29-17-31(22)16-19/h1,3-6,8-12,14-15,17H,2,7,16H2. The number of imidazole rings is 1. The lowest BCUT2D eigenvalue weighted by Gasteiger charge is -2.13. The highest BCUT2D eigenvalue weighted by atomic mass is 16.5. The molecule has 2 aliphatic heterocycles. The fourth-order valence-corrected chi connectivity index (χ4v) is 4.35. The molecule has 5 aromatic rings. The summed E-state index contributed by atoms with van der Waals surface area (Å²) in [5.41, 5.74) is 4.14. The molecule has 0 amide bonds. The molecule has 0 aliphatic carbocycles. The normalized spacial score (nSPS) is 12.7. The lowest BCUT2D eigenvalue weighted by molar-refractivity contribution is 0.480. The average molecular weight is 445 g/mol. The number of aryl methyl sites for hydroxylation is 2. The van der Waals surface area contributed by atoms with Crippen molar-refractivity contribution in [3.63, 3.8) is 0 Å². The smallest absolute Gasteiger partial charge is 0.256 e. The number of rotatable bonds is 0. The maximum atomic E-state index is 12.9. The van der Waals surface area contributed by atoms with E-state index in [0.717, 1.165) is 35.0 Å². The lowest BCUT2D eigenvalue weighted by atomic mass is 10.1. The van der Waals surface area contributed by atoms with Gasteiger partial charge in [-0.2, -0.15) is 5.26 Å². The van der Waals surface area contributed by atoms with Crippen LogP contribution in [0.1, 0.15) is 22.4 Å². The Morgan fingerprint density at radius 2 is 1.82 bits per heavy atom. The number of benzene rings is 2. The van der Waals surface area contributed by atoms with E-state index < -0.39 is 0 Å². The van der Waals surface area contributed by atoms with Crippen LogP contribution in [0.4, 0.5) is 0 Å². The van der Waals surface area contributed by atoms with Crippen LogP contribution in [0.15, 0.2) is 84.2 Å². The van der Waals surface area contributed by atoms with E-state index in [-0.39, 0.29) is 5.56 Å². The van der Waals surface area contributed by atoms with Gasteiger partial charge >= 0.3 is 0 Å². The van der Waals surface area contributed by atoms with Gasteiger partial charge in [0.15, 0.2) is 0 Å². The van der Waals surface area contributed by atoms with E-state index in [9.17, 15) is 10.1 Å². The molecule has 34 heavy (non-hydrogen) atoms. The molecule has 2 aromatic carbocycles. The molecule has 164 valence electrons. The largest absolute Gasteiger partial charge is 0.456 e. The topological polar surface area (TPSA) is 85.7 Å². The van der Waals surface area contributed by atoms with Crippen molar-refractivity contribution in [1.82, 2.24) is 19.1 Å². The lowest BCUT2D eigenvalue weighted by Crippen LogP contribution is -2.18. The summed E-state index contributed by atoms with van der Waals surface area (Å²) in [6, 6.07) is 20.6. The van der Waals surface area contributed by atoms with Crippen LogP contribution in [0.2, 0.25) is 0 Å². The number of nitriles is 1. The first-order valence-electron chi connectivity index (χ1n) is 11.0. The quantitative estimate of drug-likeness (QED) is 0.353. The predicted molar refractivity (Wildman–Crippen MR) is 127 cm³/mol. The second-order valence-electron chi connectivity index (χ2n) is 8.31. The zero-order valence-corrected chi connectivity index (χ0v) is 18.2. The number of ether oxygens (including phenoxy) is 1. The minimum absolute atomic E-state index is 0.175. The molecule has 3 aromatic heterocycles. The van der Waals surface area contributed by atoms with Gasteiger partial charge in [0.25, 0.3) is 5.56 Å². The van der Waals surface area contributed by atoms with Gasteiger partial charge in [0.2, 0.25) is 0 Å². The number of aromatic nitrogens is 4. The van der Waals surface area contributed by atoms with E-state index in [2.05, 4.69) is 20.6 Å². The monoisotopic (exact) mass is 445 g/mol. The predicted octanol–water partition coefficient (Wildman–Crippen LogP) is 4.39. The van der Waals surface area contributed by atoms with Gasteiger partial charge in [0.05, 0.1) is 17.4 Å². The van der Waals surface area contributed by atoms with Crippen molar-refractivity contribution < 1.29 is 4.74 Å². The van der Waals surface area contributed by atoms with Gasteiger partial charge < -0.3 is 9.30 Å². The molecular weight excluding hydrogens is 426 g/mol. The van der Waals surface area contributed by atoms with E-state index >= 15 is 0 Å². The Bertz CT molecular complexity index is 1640. The average Bonchev–Trinajstić information content (AvgIpc) is 3.29. The zero-order chi connectivity index (χ0) is 23.1. The molecule has 0 radical (unpaired) electrons. The first kappa shape index (κ1) is 19.9. The summed E-state index contributed by atoms with van der Waals surface area (Å²) in [5, 5.41) is 10.5. The second kappa shape index (κ2) is 8.01. The van der Waals surface area contributed by atoms with Gasteiger partial charge in [-0.15, -0.1) is 0 Å². The van der Waals surface area contributed by atoms with Crippen molar-refractivity contribution in [3.8, 4) is 23.4 Å². The van der Waals surface area contributed by atoms with Crippen molar-refractivity contribution in [2.75, 3.05) is 0 Å². The molecule has 5 heterocycles. The SMILES string of the molecule is N#Cc1ccc2cc1Oc1ccc3ccc(=O)n(c3c1)-c1ccc(cn1)CCc1cncn1C2. The van der Waals surface area contributed by atoms with Gasteiger partial charge in [0, 0.05) is 36.8 Å². The highest BCUT2D eigenvalue weighted by molar-refractivity contribution is 5.82. The molecule has 7 heteroatoms. The van der Waals surface area contributed by atoms with Crippen LogP contribution < -0.4 is 10.3 Å². The molecule has 7 nitrogen and oxygen atoms in total. The third kappa shape index (κ3) is 3.51. The first-order chi connectivity index (χ1) is 16.7. The minimum atomic E-state index is -0.175. The summed E-state index contributed by atoms with van der Waals surface area (Å²) in [6.07, 6.45) is 7.12. The van der Waals surface area contributed by atoms with Crippen molar-refractivity contribution in [3.05, 3.63) is 112 Å². The molecule has 2 aliphatic rings. The maximum absolute atomic E-state index is 12.9. The van der Waals surface area contributed by atoms with Crippen LogP contribution in [-0.4, -0.2) is 19.1 Å². The summed E-state index contributed by atoms with van der Waals surface area (Å²) >= 11 is 0. The first-order valence-corrected chi connectivity index (χ1v) is 11.0. The Hall–Kier alpha value is -4.70. The molecule has 6 bridgehead atoms. The Kier molecular flexibility index (Phi) is 4.70. The molecule has 0 fully saturated rings. The van der Waals surface area contributed by atoms with Crippen LogP contribution >= 0.6 is 0 Å². The molecule has 7 rings (SSSR count). The molecular formula is C27H19N5O2. The molecule has 0 N–H and O–H groups in total. The number of nitrogens with zero attached hydrogens (tertiary/aromatic N) is 5. The second-order valence-corrected chi connectivity index (χ2v) is 8.31. The Morgan fingerprint density at radius 3 is 2.68 bits per heavy atom. The maximum Gasteiger partial charge on any atom is 0.256 e. The van der Waals surface area contributed by atoms with E-state index in [1.807, 2.05) is 61.2 Å². The van der Waals surface area contributed by atoms with Crippen molar-refractivity contribution in [1.29, 1.82) is 5.26 Å². The minimum Gasteiger partial charge on any atom is -0.456 e. The van der Waals surface area contributed by atoms with E-state index in [1.54, 1.807) is 22.8 Å². The molecule has 0 saturated carbocycles. The van der Waals surface area contributed by atoms with E-state index in [0.29, 0.717) is 34.9 Å². The van der Waals surface area contributed by atoms with Gasteiger partial charge in [-0.25, -0.2) is 9.97 Å². The van der Waals surface area contributed by atoms with E-state index in [1.165, 1.54) is 0 Å². The highest BCUT2D eigenvalue weighted by Gasteiger charge is 2.13. The van der Waals surface area contributed by atoms with Crippen LogP contribution in [0.25, 0.3) is 16.7 Å². The fraction of sp³-hybridized carbons (Fsp3) is 0.111. The fourth-order valence-electron chi connectivity index (χ4n) is 4.35. The van der Waals surface area contributed by atoms with E-state index in [4.69, 9.17) is 4.74 Å². The number of pyridine rings is 2. The third-order valence-corrected chi connectivity index (χ3v) is 6.12. The zero-order valence-electron chi connectivity index (χ0n) is 18.2. The van der Waals surface area contributed by atoms with Gasteiger partial charge in [-0.1, -0.05) is 12.1 Å². The Labute approximate surface area is 195 Å². The molecule has 0 saturated heterocycles. The van der Waals surface area contributed by atoms with Crippen molar-refractivity contribution in [2.45, 2.75) is 19.4 Å². The van der Waals surface area contributed by atoms with Gasteiger partial charge in [0.1, 0.15) is 23.4 Å². The van der Waals surface area contributed by atoms with Gasteiger partial charge in [-0.05, 0) is 65.8 Å². The van der Waals surface area contributed by atoms with Crippen molar-refractivity contribution >= 4 is 10.9 Å². The van der Waals surface area contributed by atoms with Crippen LogP contribution in [0.5, 0.6) is 11.5 Å². The van der Waals surface area contributed by atoms with Crippen LogP contribution in [-0.2, 0) is 19.4 Å². The van der Waals surface area contributed by atoms with Crippen LogP contribution in [0.3, 0.4) is 0 Å². The number of fused-ring (bicyclic) bond motifs is 3. The Balaban J connectivity index is 1.57. The van der Waals surface area contributed by atoms with Gasteiger partial charge in [-0.3, -0.25) is 9.36 Å². The van der Waals surface area contributed by atoms with Crippen LogP contribution in [0, 0.1) is 11.3 Å². The highest BCUT2D eigenvalue weighted by Crippen LogP contribution is 2.30. The summed E-state index contributed by atoms with van der Waals surface area (Å²) in [6.45, 7) is 0.617. The number of hydrogen-bond acceptors (Lipinski definition) is 5. The molecule has 0 unspecified atom stereocenters. The summed E-state index contributed by atoms with van der Waals surface area (Å²) in [7, 11) is 0.